The highest BCUT2D eigenvalue weighted by atomic mass is 79.9. The molecule has 1 unspecified atom stereocenters. The van der Waals surface area contributed by atoms with Gasteiger partial charge < -0.3 is 10.1 Å². The highest BCUT2D eigenvalue weighted by Gasteiger charge is 2.17. The Morgan fingerprint density at radius 3 is 2.44 bits per heavy atom. The van der Waals surface area contributed by atoms with E-state index in [0.717, 1.165) is 12.2 Å². The molecule has 0 fully saturated rings. The molecule has 1 aromatic rings. The first kappa shape index (κ1) is 15.0. The maximum absolute atomic E-state index is 11.7. The van der Waals surface area contributed by atoms with Gasteiger partial charge in [0.1, 0.15) is 5.75 Å². The van der Waals surface area contributed by atoms with Gasteiger partial charge in [-0.3, -0.25) is 4.79 Å². The summed E-state index contributed by atoms with van der Waals surface area (Å²) in [5.41, 5.74) is 1.19. The van der Waals surface area contributed by atoms with Gasteiger partial charge in [-0.05, 0) is 30.0 Å². The first-order valence-corrected chi connectivity index (χ1v) is 7.01. The summed E-state index contributed by atoms with van der Waals surface area (Å²) in [5.74, 6) is 1.20. The van der Waals surface area contributed by atoms with E-state index in [9.17, 15) is 4.79 Å². The van der Waals surface area contributed by atoms with E-state index in [1.807, 2.05) is 38.1 Å². The van der Waals surface area contributed by atoms with Crippen LogP contribution in [0.4, 0.5) is 0 Å². The standard InChI is InChI=1S/C14H20BrNO2/c1-10(2)13(15)14(17)16-9-8-11-4-6-12(18-3)7-5-11/h4-7,10,13H,8-9H2,1-3H3,(H,16,17). The van der Waals surface area contributed by atoms with Crippen LogP contribution in [0.3, 0.4) is 0 Å². The number of benzene rings is 1. The lowest BCUT2D eigenvalue weighted by molar-refractivity contribution is -0.121. The number of hydrogen-bond donors (Lipinski definition) is 1. The lowest BCUT2D eigenvalue weighted by atomic mass is 10.1. The highest BCUT2D eigenvalue weighted by Crippen LogP contribution is 2.13. The number of amides is 1. The molecule has 1 aromatic carbocycles. The molecule has 1 N–H and O–H groups in total. The van der Waals surface area contributed by atoms with Crippen LogP contribution in [-0.4, -0.2) is 24.4 Å². The van der Waals surface area contributed by atoms with Gasteiger partial charge in [0.05, 0.1) is 11.9 Å². The van der Waals surface area contributed by atoms with Gasteiger partial charge in [-0.15, -0.1) is 0 Å². The first-order valence-electron chi connectivity index (χ1n) is 6.09. The predicted octanol–water partition coefficient (Wildman–Crippen LogP) is 2.77. The largest absolute Gasteiger partial charge is 0.497 e. The summed E-state index contributed by atoms with van der Waals surface area (Å²) in [4.78, 5) is 11.6. The fourth-order valence-corrected chi connectivity index (χ4v) is 1.68. The zero-order valence-electron chi connectivity index (χ0n) is 11.1. The Balaban J connectivity index is 2.35. The van der Waals surface area contributed by atoms with Crippen LogP contribution in [0.15, 0.2) is 24.3 Å². The molecule has 1 rings (SSSR count). The molecule has 1 amide bonds. The molecule has 100 valence electrons. The summed E-state index contributed by atoms with van der Waals surface area (Å²) in [6, 6.07) is 7.88. The fourth-order valence-electron chi connectivity index (χ4n) is 1.52. The number of methoxy groups -OCH3 is 1. The van der Waals surface area contributed by atoms with Crippen molar-refractivity contribution in [3.8, 4) is 5.75 Å². The Morgan fingerprint density at radius 2 is 1.94 bits per heavy atom. The van der Waals surface area contributed by atoms with E-state index in [1.54, 1.807) is 7.11 Å². The SMILES string of the molecule is COc1ccc(CCNC(=O)C(Br)C(C)C)cc1. The van der Waals surface area contributed by atoms with E-state index in [4.69, 9.17) is 4.74 Å². The van der Waals surface area contributed by atoms with Crippen LogP contribution < -0.4 is 10.1 Å². The van der Waals surface area contributed by atoms with Crippen LogP contribution in [-0.2, 0) is 11.2 Å². The third kappa shape index (κ3) is 4.69. The summed E-state index contributed by atoms with van der Waals surface area (Å²) in [5, 5.41) is 2.92. The third-order valence-electron chi connectivity index (χ3n) is 2.71. The van der Waals surface area contributed by atoms with E-state index in [-0.39, 0.29) is 10.7 Å². The summed E-state index contributed by atoms with van der Waals surface area (Å²) in [7, 11) is 1.65. The van der Waals surface area contributed by atoms with Crippen molar-refractivity contribution >= 4 is 21.8 Å². The monoisotopic (exact) mass is 313 g/mol. The molecule has 3 nitrogen and oxygen atoms in total. The molecule has 18 heavy (non-hydrogen) atoms. The van der Waals surface area contributed by atoms with Crippen molar-refractivity contribution in [2.24, 2.45) is 5.92 Å². The zero-order valence-corrected chi connectivity index (χ0v) is 12.7. The van der Waals surface area contributed by atoms with Crippen molar-refractivity contribution in [3.63, 3.8) is 0 Å². The quantitative estimate of drug-likeness (QED) is 0.820. The van der Waals surface area contributed by atoms with Crippen molar-refractivity contribution in [3.05, 3.63) is 29.8 Å². The van der Waals surface area contributed by atoms with Gasteiger partial charge in [0.25, 0.3) is 0 Å². The lowest BCUT2D eigenvalue weighted by Gasteiger charge is -2.13. The van der Waals surface area contributed by atoms with Gasteiger partial charge in [0.15, 0.2) is 0 Å². The lowest BCUT2D eigenvalue weighted by Crippen LogP contribution is -2.35. The number of rotatable bonds is 6. The molecular weight excluding hydrogens is 294 g/mol. The molecule has 0 aliphatic carbocycles. The topological polar surface area (TPSA) is 38.3 Å². The van der Waals surface area contributed by atoms with Gasteiger partial charge in [-0.25, -0.2) is 0 Å². The second-order valence-corrected chi connectivity index (χ2v) is 5.52. The van der Waals surface area contributed by atoms with Gasteiger partial charge in [0, 0.05) is 6.54 Å². The summed E-state index contributed by atoms with van der Waals surface area (Å²) in [6.07, 6.45) is 0.827. The van der Waals surface area contributed by atoms with Crippen LogP contribution in [0.1, 0.15) is 19.4 Å². The first-order chi connectivity index (χ1) is 8.54. The smallest absolute Gasteiger partial charge is 0.234 e. The molecule has 0 aliphatic heterocycles. The van der Waals surface area contributed by atoms with Crippen LogP contribution in [0, 0.1) is 5.92 Å². The Hall–Kier alpha value is -1.03. The van der Waals surface area contributed by atoms with Crippen molar-refractivity contribution in [1.82, 2.24) is 5.32 Å². The van der Waals surface area contributed by atoms with Crippen molar-refractivity contribution < 1.29 is 9.53 Å². The molecule has 0 spiro atoms. The highest BCUT2D eigenvalue weighted by molar-refractivity contribution is 9.10. The molecule has 0 saturated heterocycles. The molecule has 0 radical (unpaired) electrons. The van der Waals surface area contributed by atoms with Crippen molar-refractivity contribution in [1.29, 1.82) is 0 Å². The van der Waals surface area contributed by atoms with Gasteiger partial charge >= 0.3 is 0 Å². The minimum atomic E-state index is -0.117. The second kappa shape index (κ2) is 7.41. The maximum atomic E-state index is 11.7. The average Bonchev–Trinajstić information content (AvgIpc) is 2.38. The maximum Gasteiger partial charge on any atom is 0.234 e. The van der Waals surface area contributed by atoms with Gasteiger partial charge in [-0.2, -0.15) is 0 Å². The van der Waals surface area contributed by atoms with E-state index in [1.165, 1.54) is 5.56 Å². The number of carbonyl (C=O) groups is 1. The van der Waals surface area contributed by atoms with Crippen LogP contribution >= 0.6 is 15.9 Å². The van der Waals surface area contributed by atoms with Crippen LogP contribution in [0.5, 0.6) is 5.75 Å². The van der Waals surface area contributed by atoms with E-state index in [0.29, 0.717) is 12.5 Å². The van der Waals surface area contributed by atoms with E-state index >= 15 is 0 Å². The summed E-state index contributed by atoms with van der Waals surface area (Å²) >= 11 is 3.38. The van der Waals surface area contributed by atoms with Crippen molar-refractivity contribution in [2.45, 2.75) is 25.1 Å². The Bertz CT molecular complexity index is 376. The second-order valence-electron chi connectivity index (χ2n) is 4.53. The summed E-state index contributed by atoms with van der Waals surface area (Å²) < 4.78 is 5.09. The number of hydrogen-bond acceptors (Lipinski definition) is 2. The number of halogens is 1. The zero-order chi connectivity index (χ0) is 13.5. The molecular formula is C14H20BrNO2. The Labute approximate surface area is 117 Å². The molecule has 0 heterocycles. The van der Waals surface area contributed by atoms with E-state index < -0.39 is 0 Å². The van der Waals surface area contributed by atoms with Crippen molar-refractivity contribution in [2.75, 3.05) is 13.7 Å². The molecule has 0 aliphatic rings. The molecule has 1 atom stereocenters. The average molecular weight is 314 g/mol. The number of alkyl halides is 1. The fraction of sp³-hybridized carbons (Fsp3) is 0.500. The van der Waals surface area contributed by atoms with Crippen LogP contribution in [0.2, 0.25) is 0 Å². The number of nitrogens with one attached hydrogen (secondary N) is 1. The minimum absolute atomic E-state index is 0.0542. The third-order valence-corrected chi connectivity index (χ3v) is 4.18. The number of ether oxygens (including phenoxy) is 1. The minimum Gasteiger partial charge on any atom is -0.497 e. The predicted molar refractivity (Wildman–Crippen MR) is 77.3 cm³/mol. The Morgan fingerprint density at radius 1 is 1.33 bits per heavy atom. The van der Waals surface area contributed by atoms with Gasteiger partial charge in [0.2, 0.25) is 5.91 Å². The number of carbonyl (C=O) groups excluding carboxylic acids is 1. The molecule has 4 heteroatoms. The molecule has 0 aromatic heterocycles. The normalized spacial score (nSPS) is 12.3. The Kier molecular flexibility index (Phi) is 6.19. The molecule has 0 saturated carbocycles. The van der Waals surface area contributed by atoms with Crippen LogP contribution in [0.25, 0.3) is 0 Å². The molecule has 0 bridgehead atoms. The van der Waals surface area contributed by atoms with E-state index in [2.05, 4.69) is 21.2 Å². The van der Waals surface area contributed by atoms with Gasteiger partial charge in [-0.1, -0.05) is 41.9 Å². The summed E-state index contributed by atoms with van der Waals surface area (Å²) in [6.45, 7) is 4.69.